The van der Waals surface area contributed by atoms with Crippen molar-refractivity contribution in [2.45, 2.75) is 19.6 Å². The van der Waals surface area contributed by atoms with E-state index in [0.29, 0.717) is 0 Å². The summed E-state index contributed by atoms with van der Waals surface area (Å²) >= 11 is 0. The second-order valence-electron chi connectivity index (χ2n) is 4.73. The van der Waals surface area contributed by atoms with Gasteiger partial charge in [0.15, 0.2) is 0 Å². The maximum atomic E-state index is 8.91. The van der Waals surface area contributed by atoms with E-state index in [1.54, 1.807) is 0 Å². The lowest BCUT2D eigenvalue weighted by Crippen LogP contribution is -2.15. The molecule has 1 aliphatic rings. The van der Waals surface area contributed by atoms with Gasteiger partial charge in [-0.15, -0.1) is 0 Å². The largest absolute Gasteiger partial charge is 0.291 e. The molecule has 0 saturated heterocycles. The van der Waals surface area contributed by atoms with Crippen LogP contribution in [0.4, 0.5) is 0 Å². The molecule has 0 atom stereocenters. The number of nitriles is 1. The zero-order valence-corrected chi connectivity index (χ0v) is 10.1. The summed E-state index contributed by atoms with van der Waals surface area (Å²) in [4.78, 5) is 2.40. The van der Waals surface area contributed by atoms with Crippen LogP contribution in [0.2, 0.25) is 0 Å². The summed E-state index contributed by atoms with van der Waals surface area (Å²) < 4.78 is 0. The first-order valence-corrected chi connectivity index (χ1v) is 6.13. The van der Waals surface area contributed by atoms with Crippen molar-refractivity contribution in [3.05, 3.63) is 70.8 Å². The second kappa shape index (κ2) is 4.64. The minimum atomic E-state index is 0.760. The molecule has 1 heterocycles. The Labute approximate surface area is 107 Å². The van der Waals surface area contributed by atoms with Gasteiger partial charge in [-0.25, -0.2) is 0 Å². The molecule has 2 heteroatoms. The van der Waals surface area contributed by atoms with E-state index in [1.807, 2.05) is 18.2 Å². The molecule has 0 unspecified atom stereocenters. The van der Waals surface area contributed by atoms with Gasteiger partial charge in [0.25, 0.3) is 0 Å². The van der Waals surface area contributed by atoms with E-state index in [1.165, 1.54) is 16.7 Å². The van der Waals surface area contributed by atoms with Crippen LogP contribution in [0.15, 0.2) is 48.5 Å². The molecule has 0 aliphatic carbocycles. The number of nitrogens with zero attached hydrogens (tertiary/aromatic N) is 2. The van der Waals surface area contributed by atoms with Gasteiger partial charge in [-0.3, -0.25) is 4.90 Å². The predicted molar refractivity (Wildman–Crippen MR) is 70.6 cm³/mol. The molecular weight excluding hydrogens is 220 g/mol. The van der Waals surface area contributed by atoms with Gasteiger partial charge in [0, 0.05) is 19.6 Å². The quantitative estimate of drug-likeness (QED) is 0.798. The average molecular weight is 234 g/mol. The molecule has 0 spiro atoms. The highest BCUT2D eigenvalue weighted by Gasteiger charge is 2.18. The van der Waals surface area contributed by atoms with Gasteiger partial charge in [0.2, 0.25) is 0 Å². The summed E-state index contributed by atoms with van der Waals surface area (Å²) in [6.07, 6.45) is 0. The molecule has 2 aromatic rings. The van der Waals surface area contributed by atoms with Crippen molar-refractivity contribution in [3.8, 4) is 6.07 Å². The zero-order chi connectivity index (χ0) is 12.4. The Morgan fingerprint density at radius 1 is 1.00 bits per heavy atom. The number of hydrogen-bond acceptors (Lipinski definition) is 2. The highest BCUT2D eigenvalue weighted by atomic mass is 15.1. The summed E-state index contributed by atoms with van der Waals surface area (Å²) in [7, 11) is 0. The fraction of sp³-hybridized carbons (Fsp3) is 0.188. The Bertz CT molecular complexity index is 596. The van der Waals surface area contributed by atoms with Crippen LogP contribution in [0.1, 0.15) is 22.3 Å². The third-order valence-electron chi connectivity index (χ3n) is 3.37. The summed E-state index contributed by atoms with van der Waals surface area (Å²) in [6, 6.07) is 18.7. The van der Waals surface area contributed by atoms with Crippen LogP contribution >= 0.6 is 0 Å². The van der Waals surface area contributed by atoms with E-state index in [9.17, 15) is 0 Å². The van der Waals surface area contributed by atoms with Gasteiger partial charge in [-0.05, 0) is 28.8 Å². The maximum absolute atomic E-state index is 8.91. The van der Waals surface area contributed by atoms with Crippen LogP contribution in [0, 0.1) is 11.3 Å². The van der Waals surface area contributed by atoms with Crippen LogP contribution in [0.5, 0.6) is 0 Å². The number of hydrogen-bond donors (Lipinski definition) is 0. The SMILES string of the molecule is N#Cc1ccc2c(c1)CN(Cc1ccccc1)C2. The van der Waals surface area contributed by atoms with Gasteiger partial charge in [0.05, 0.1) is 11.6 Å². The smallest absolute Gasteiger partial charge is 0.0991 e. The van der Waals surface area contributed by atoms with Crippen LogP contribution < -0.4 is 0 Å². The van der Waals surface area contributed by atoms with Crippen LogP contribution in [0.25, 0.3) is 0 Å². The third-order valence-corrected chi connectivity index (χ3v) is 3.37. The topological polar surface area (TPSA) is 27.0 Å². The standard InChI is InChI=1S/C16H14N2/c17-9-14-6-7-15-11-18(12-16(15)8-14)10-13-4-2-1-3-5-13/h1-8H,10-12H2. The van der Waals surface area contributed by atoms with Crippen LogP contribution in [-0.4, -0.2) is 4.90 Å². The van der Waals surface area contributed by atoms with Crippen molar-refractivity contribution in [2.75, 3.05) is 0 Å². The van der Waals surface area contributed by atoms with Crippen LogP contribution in [0.3, 0.4) is 0 Å². The summed E-state index contributed by atoms with van der Waals surface area (Å²) in [6.45, 7) is 2.90. The second-order valence-corrected chi connectivity index (χ2v) is 4.73. The molecule has 3 rings (SSSR count). The Hall–Kier alpha value is -2.11. The molecule has 0 amide bonds. The van der Waals surface area contributed by atoms with E-state index < -0.39 is 0 Å². The molecule has 2 nitrogen and oxygen atoms in total. The fourth-order valence-electron chi connectivity index (χ4n) is 2.49. The first-order valence-electron chi connectivity index (χ1n) is 6.13. The van der Waals surface area contributed by atoms with Crippen LogP contribution in [-0.2, 0) is 19.6 Å². The minimum absolute atomic E-state index is 0.760. The predicted octanol–water partition coefficient (Wildman–Crippen LogP) is 3.07. The van der Waals surface area contributed by atoms with Crippen molar-refractivity contribution in [2.24, 2.45) is 0 Å². The summed E-state index contributed by atoms with van der Waals surface area (Å²) in [5.74, 6) is 0. The van der Waals surface area contributed by atoms with Gasteiger partial charge in [-0.1, -0.05) is 36.4 Å². The Kier molecular flexibility index (Phi) is 2.84. The van der Waals surface area contributed by atoms with E-state index in [2.05, 4.69) is 41.3 Å². The fourth-order valence-corrected chi connectivity index (χ4v) is 2.49. The monoisotopic (exact) mass is 234 g/mol. The van der Waals surface area contributed by atoms with E-state index in [-0.39, 0.29) is 0 Å². The lowest BCUT2D eigenvalue weighted by molar-refractivity contribution is 0.275. The Morgan fingerprint density at radius 2 is 1.78 bits per heavy atom. The molecule has 1 aliphatic heterocycles. The average Bonchev–Trinajstić information content (AvgIpc) is 2.80. The first-order chi connectivity index (χ1) is 8.85. The molecule has 0 radical (unpaired) electrons. The molecular formula is C16H14N2. The Morgan fingerprint density at radius 3 is 2.56 bits per heavy atom. The Balaban J connectivity index is 1.75. The van der Waals surface area contributed by atoms with Crippen molar-refractivity contribution < 1.29 is 0 Å². The zero-order valence-electron chi connectivity index (χ0n) is 10.1. The molecule has 0 bridgehead atoms. The summed E-state index contributed by atoms with van der Waals surface area (Å²) in [5.41, 5.74) is 4.75. The normalized spacial score (nSPS) is 14.2. The lowest BCUT2D eigenvalue weighted by Gasteiger charge is -2.14. The van der Waals surface area contributed by atoms with Gasteiger partial charge in [0.1, 0.15) is 0 Å². The summed E-state index contributed by atoms with van der Waals surface area (Å²) in [5, 5.41) is 8.91. The molecule has 0 N–H and O–H groups in total. The van der Waals surface area contributed by atoms with Gasteiger partial charge < -0.3 is 0 Å². The first kappa shape index (κ1) is 11.0. The lowest BCUT2D eigenvalue weighted by atomic mass is 10.1. The number of rotatable bonds is 2. The molecule has 2 aromatic carbocycles. The minimum Gasteiger partial charge on any atom is -0.291 e. The van der Waals surface area contributed by atoms with Crippen molar-refractivity contribution in [1.29, 1.82) is 5.26 Å². The highest BCUT2D eigenvalue weighted by molar-refractivity contribution is 5.40. The number of fused-ring (bicyclic) bond motifs is 1. The van der Waals surface area contributed by atoms with Crippen molar-refractivity contribution in [3.63, 3.8) is 0 Å². The molecule has 88 valence electrons. The maximum Gasteiger partial charge on any atom is 0.0991 e. The van der Waals surface area contributed by atoms with E-state index >= 15 is 0 Å². The van der Waals surface area contributed by atoms with Gasteiger partial charge in [-0.2, -0.15) is 5.26 Å². The van der Waals surface area contributed by atoms with E-state index in [0.717, 1.165) is 25.2 Å². The van der Waals surface area contributed by atoms with Gasteiger partial charge >= 0.3 is 0 Å². The van der Waals surface area contributed by atoms with Crippen molar-refractivity contribution in [1.82, 2.24) is 4.90 Å². The molecule has 0 fully saturated rings. The van der Waals surface area contributed by atoms with Crippen molar-refractivity contribution >= 4 is 0 Å². The molecule has 0 aromatic heterocycles. The van der Waals surface area contributed by atoms with E-state index in [4.69, 9.17) is 5.26 Å². The highest BCUT2D eigenvalue weighted by Crippen LogP contribution is 2.25. The molecule has 0 saturated carbocycles. The molecule has 18 heavy (non-hydrogen) atoms. The third kappa shape index (κ3) is 2.13. The number of benzene rings is 2.